The Morgan fingerprint density at radius 3 is 0.986 bits per heavy atom. The Balaban J connectivity index is 0.914. The van der Waals surface area contributed by atoms with Gasteiger partial charge in [-0.1, -0.05) is 127 Å². The normalized spacial score (nSPS) is 11.5. The van der Waals surface area contributed by atoms with Crippen molar-refractivity contribution in [3.8, 4) is 84.6 Å². The summed E-state index contributed by atoms with van der Waals surface area (Å²) in [5.41, 5.74) is 16.5. The first-order chi connectivity index (χ1) is 34.2. The summed E-state index contributed by atoms with van der Waals surface area (Å²) in [7, 11) is 0. The number of hydrogen-bond acceptors (Lipinski definition) is 8. The molecule has 0 unspecified atom stereocenters. The second-order valence-corrected chi connectivity index (χ2v) is 16.6. The van der Waals surface area contributed by atoms with Gasteiger partial charge in [0.2, 0.25) is 0 Å². The van der Waals surface area contributed by atoms with Crippen LogP contribution in [0.25, 0.3) is 118 Å². The third-order valence-electron chi connectivity index (χ3n) is 12.4. The maximum Gasteiger partial charge on any atom is 0.198 e. The first-order valence-corrected chi connectivity index (χ1v) is 22.6. The van der Waals surface area contributed by atoms with Gasteiger partial charge in [-0.25, -0.2) is 39.9 Å². The fraction of sp³-hybridized carbons (Fsp3) is 0. The number of nitrogens with zero attached hydrogens (tertiary/aromatic N) is 11. The molecule has 0 spiro atoms. The van der Waals surface area contributed by atoms with Crippen molar-refractivity contribution < 1.29 is 0 Å². The molecule has 11 nitrogen and oxygen atoms in total. The SMILES string of the molecule is c1ccc(-n2c(-c3ccc(-c4cc(-c5ccc(-c6nc7nccnc7n6-c6ccccc6)cc5)cc(-c5ccc(-c6nc7nccnc7n6-c6ccccc6)cc5)c4)cc3)nc3cccnc32)cc1. The van der Waals surface area contributed by atoms with Gasteiger partial charge in [-0.2, -0.15) is 0 Å². The zero-order chi connectivity index (χ0) is 45.7. The van der Waals surface area contributed by atoms with E-state index in [1.807, 2.05) is 72.9 Å². The summed E-state index contributed by atoms with van der Waals surface area (Å²) in [5, 5.41) is 0. The molecule has 324 valence electrons. The van der Waals surface area contributed by atoms with Crippen molar-refractivity contribution in [3.63, 3.8) is 0 Å². The fourth-order valence-electron chi connectivity index (χ4n) is 9.14. The lowest BCUT2D eigenvalue weighted by Crippen LogP contribution is -1.98. The molecule has 6 aromatic heterocycles. The summed E-state index contributed by atoms with van der Waals surface area (Å²) in [6.07, 6.45) is 8.58. The van der Waals surface area contributed by atoms with Gasteiger partial charge in [-0.05, 0) is 100 Å². The Hall–Kier alpha value is -9.74. The van der Waals surface area contributed by atoms with E-state index in [-0.39, 0.29) is 0 Å². The Bertz CT molecular complexity index is 3550. The predicted octanol–water partition coefficient (Wildman–Crippen LogP) is 12.7. The third kappa shape index (κ3) is 7.09. The third-order valence-corrected chi connectivity index (χ3v) is 12.4. The molecule has 0 aliphatic carbocycles. The van der Waals surface area contributed by atoms with Gasteiger partial charge in [0.25, 0.3) is 0 Å². The number of para-hydroxylation sites is 3. The molecule has 0 N–H and O–H groups in total. The summed E-state index contributed by atoms with van der Waals surface area (Å²) in [6.45, 7) is 0. The highest BCUT2D eigenvalue weighted by atomic mass is 15.2. The average molecular weight is 888 g/mol. The minimum absolute atomic E-state index is 0.592. The molecule has 0 bridgehead atoms. The van der Waals surface area contributed by atoms with Gasteiger partial charge >= 0.3 is 0 Å². The Kier molecular flexibility index (Phi) is 9.53. The fourth-order valence-corrected chi connectivity index (χ4v) is 9.14. The molecular formula is C58H37N11. The molecule has 13 aromatic rings. The molecule has 13 rings (SSSR count). The lowest BCUT2D eigenvalue weighted by atomic mass is 9.92. The van der Waals surface area contributed by atoms with Crippen molar-refractivity contribution in [2.75, 3.05) is 0 Å². The van der Waals surface area contributed by atoms with E-state index >= 15 is 0 Å². The first-order valence-electron chi connectivity index (χ1n) is 22.6. The van der Waals surface area contributed by atoms with Crippen molar-refractivity contribution >= 4 is 33.8 Å². The molecule has 0 saturated carbocycles. The Labute approximate surface area is 395 Å². The second kappa shape index (κ2) is 16.6. The van der Waals surface area contributed by atoms with E-state index in [2.05, 4.69) is 161 Å². The molecule has 0 saturated heterocycles. The van der Waals surface area contributed by atoms with Crippen LogP contribution in [-0.4, -0.2) is 53.6 Å². The number of hydrogen-bond donors (Lipinski definition) is 0. The van der Waals surface area contributed by atoms with E-state index in [1.54, 1.807) is 24.8 Å². The number of benzene rings is 7. The Morgan fingerprint density at radius 1 is 0.246 bits per heavy atom. The highest BCUT2D eigenvalue weighted by Crippen LogP contribution is 2.37. The highest BCUT2D eigenvalue weighted by Gasteiger charge is 2.20. The maximum absolute atomic E-state index is 5.07. The second-order valence-electron chi connectivity index (χ2n) is 16.6. The van der Waals surface area contributed by atoms with Crippen molar-refractivity contribution in [1.29, 1.82) is 0 Å². The van der Waals surface area contributed by atoms with Crippen LogP contribution >= 0.6 is 0 Å². The van der Waals surface area contributed by atoms with Gasteiger partial charge < -0.3 is 0 Å². The summed E-state index contributed by atoms with van der Waals surface area (Å²) < 4.78 is 6.26. The molecule has 7 aromatic carbocycles. The van der Waals surface area contributed by atoms with Crippen LogP contribution < -0.4 is 0 Å². The molecular weight excluding hydrogens is 851 g/mol. The van der Waals surface area contributed by atoms with E-state index in [0.29, 0.717) is 22.6 Å². The lowest BCUT2D eigenvalue weighted by Gasteiger charge is -2.14. The molecule has 69 heavy (non-hydrogen) atoms. The molecule has 0 radical (unpaired) electrons. The number of aromatic nitrogens is 11. The molecule has 6 heterocycles. The predicted molar refractivity (Wildman–Crippen MR) is 272 cm³/mol. The number of pyridine rings is 1. The number of imidazole rings is 3. The maximum atomic E-state index is 5.07. The van der Waals surface area contributed by atoms with Crippen LogP contribution in [-0.2, 0) is 0 Å². The van der Waals surface area contributed by atoms with Gasteiger partial charge in [0.1, 0.15) is 23.0 Å². The minimum Gasteiger partial charge on any atom is -0.277 e. The van der Waals surface area contributed by atoms with Crippen LogP contribution in [0.1, 0.15) is 0 Å². The summed E-state index contributed by atoms with van der Waals surface area (Å²) in [4.78, 5) is 38.1. The van der Waals surface area contributed by atoms with E-state index in [0.717, 1.165) is 95.8 Å². The number of rotatable bonds is 9. The molecule has 0 fully saturated rings. The average Bonchev–Trinajstić information content (AvgIpc) is 4.14. The highest BCUT2D eigenvalue weighted by molar-refractivity contribution is 5.86. The quantitative estimate of drug-likeness (QED) is 0.141. The standard InChI is InChI=1S/C58H37N11/c1-4-11-47(12-5-1)67-53(64-50-17-10-30-61-56(50)67)41-24-18-38(19-25-41)44-35-45(39-20-26-42(27-21-39)54-65-51-57(62-33-31-59-51)68(54)48-13-6-2-7-14-48)37-46(36-44)40-22-28-43(29-23-40)55-66-52-58(63-34-32-60-52)69(55)49-15-8-3-9-16-49/h1-37H. The molecule has 0 aliphatic heterocycles. The van der Waals surface area contributed by atoms with Crippen molar-refractivity contribution in [2.45, 2.75) is 0 Å². The lowest BCUT2D eigenvalue weighted by molar-refractivity contribution is 1.08. The summed E-state index contributed by atoms with van der Waals surface area (Å²) >= 11 is 0. The molecule has 0 aliphatic rings. The van der Waals surface area contributed by atoms with E-state index < -0.39 is 0 Å². The summed E-state index contributed by atoms with van der Waals surface area (Å²) in [5.74, 6) is 2.37. The van der Waals surface area contributed by atoms with Crippen LogP contribution in [0, 0.1) is 0 Å². The molecule has 11 heteroatoms. The van der Waals surface area contributed by atoms with Gasteiger partial charge in [-0.15, -0.1) is 0 Å². The van der Waals surface area contributed by atoms with Gasteiger partial charge in [-0.3, -0.25) is 13.7 Å². The van der Waals surface area contributed by atoms with E-state index in [4.69, 9.17) is 19.9 Å². The first kappa shape index (κ1) is 39.6. The van der Waals surface area contributed by atoms with Crippen molar-refractivity contribution in [2.24, 2.45) is 0 Å². The smallest absolute Gasteiger partial charge is 0.198 e. The summed E-state index contributed by atoms with van der Waals surface area (Å²) in [6, 6.07) is 67.1. The van der Waals surface area contributed by atoms with Gasteiger partial charge in [0.05, 0.1) is 0 Å². The van der Waals surface area contributed by atoms with Gasteiger partial charge in [0.15, 0.2) is 28.2 Å². The minimum atomic E-state index is 0.592. The van der Waals surface area contributed by atoms with Crippen LogP contribution in [0.5, 0.6) is 0 Å². The topological polar surface area (TPSA) is 118 Å². The van der Waals surface area contributed by atoms with E-state index in [1.165, 1.54) is 0 Å². The molecule has 0 atom stereocenters. The van der Waals surface area contributed by atoms with E-state index in [9.17, 15) is 0 Å². The Morgan fingerprint density at radius 2 is 0.580 bits per heavy atom. The molecule has 0 amide bonds. The monoisotopic (exact) mass is 887 g/mol. The van der Waals surface area contributed by atoms with Crippen LogP contribution in [0.2, 0.25) is 0 Å². The van der Waals surface area contributed by atoms with Gasteiger partial charge in [0, 0.05) is 64.7 Å². The zero-order valence-electron chi connectivity index (χ0n) is 36.8. The van der Waals surface area contributed by atoms with Crippen LogP contribution in [0.4, 0.5) is 0 Å². The zero-order valence-corrected chi connectivity index (χ0v) is 36.8. The van der Waals surface area contributed by atoms with Crippen LogP contribution in [0.15, 0.2) is 225 Å². The number of fused-ring (bicyclic) bond motifs is 3. The largest absolute Gasteiger partial charge is 0.277 e. The van der Waals surface area contributed by atoms with Crippen LogP contribution in [0.3, 0.4) is 0 Å². The van der Waals surface area contributed by atoms with Crippen molar-refractivity contribution in [1.82, 2.24) is 53.6 Å². The van der Waals surface area contributed by atoms with Crippen molar-refractivity contribution in [3.05, 3.63) is 225 Å².